The van der Waals surface area contributed by atoms with Gasteiger partial charge in [-0.05, 0) is 5.75 Å². The first-order chi connectivity index (χ1) is 4.68. The third-order valence-electron chi connectivity index (χ3n) is 1.27. The van der Waals surface area contributed by atoms with Crippen LogP contribution in [-0.2, 0) is 0 Å². The third-order valence-corrected chi connectivity index (χ3v) is 2.04. The SMILES string of the molecule is CC(CS)(CN=O)CN=O. The van der Waals surface area contributed by atoms with Crippen molar-refractivity contribution >= 4 is 12.6 Å². The van der Waals surface area contributed by atoms with E-state index in [0.717, 1.165) is 0 Å². The van der Waals surface area contributed by atoms with Crippen LogP contribution in [-0.4, -0.2) is 18.8 Å². The smallest absolute Gasteiger partial charge is 0.0891 e. The maximum atomic E-state index is 9.83. The lowest BCUT2D eigenvalue weighted by atomic mass is 9.94. The molecular formula is C5H10N2O2S. The molecule has 10 heavy (non-hydrogen) atoms. The Hall–Kier alpha value is -0.450. The standard InChI is InChI=1S/C5H10N2O2S/c1-5(4-10,2-6-8)3-7-9/h10H,2-4H2,1H3. The van der Waals surface area contributed by atoms with Gasteiger partial charge in [-0.15, -0.1) is 0 Å². The van der Waals surface area contributed by atoms with Crippen LogP contribution < -0.4 is 0 Å². The lowest BCUT2D eigenvalue weighted by molar-refractivity contribution is 0.403. The molecule has 0 saturated heterocycles. The average Bonchev–Trinajstić information content (AvgIpc) is 1.89. The molecule has 0 aliphatic heterocycles. The van der Waals surface area contributed by atoms with Crippen molar-refractivity contribution in [1.29, 1.82) is 0 Å². The van der Waals surface area contributed by atoms with Gasteiger partial charge in [-0.2, -0.15) is 22.4 Å². The largest absolute Gasteiger partial charge is 0.179 e. The first-order valence-corrected chi connectivity index (χ1v) is 3.51. The number of nitrogens with zero attached hydrogens (tertiary/aromatic N) is 2. The molecule has 0 spiro atoms. The summed E-state index contributed by atoms with van der Waals surface area (Å²) >= 11 is 3.97. The molecule has 0 aliphatic carbocycles. The second kappa shape index (κ2) is 4.38. The minimum Gasteiger partial charge on any atom is -0.179 e. The molecular weight excluding hydrogens is 152 g/mol. The highest BCUT2D eigenvalue weighted by Crippen LogP contribution is 2.18. The fraction of sp³-hybridized carbons (Fsp3) is 1.00. The molecule has 58 valence electrons. The van der Waals surface area contributed by atoms with E-state index in [2.05, 4.69) is 23.0 Å². The van der Waals surface area contributed by atoms with Crippen molar-refractivity contribution in [3.63, 3.8) is 0 Å². The predicted octanol–water partition coefficient (Wildman–Crippen LogP) is 1.46. The Balaban J connectivity index is 3.92. The van der Waals surface area contributed by atoms with E-state index in [4.69, 9.17) is 0 Å². The predicted molar refractivity (Wildman–Crippen MR) is 43.3 cm³/mol. The first-order valence-electron chi connectivity index (χ1n) is 2.87. The molecule has 0 aromatic rings. The fourth-order valence-electron chi connectivity index (χ4n) is 0.462. The normalized spacial score (nSPS) is 11.0. The molecule has 0 saturated carbocycles. The van der Waals surface area contributed by atoms with Crippen LogP contribution in [0.5, 0.6) is 0 Å². The van der Waals surface area contributed by atoms with Crippen LogP contribution in [0, 0.1) is 15.2 Å². The summed E-state index contributed by atoms with van der Waals surface area (Å²) in [6, 6.07) is 0. The summed E-state index contributed by atoms with van der Waals surface area (Å²) in [4.78, 5) is 19.7. The number of hydrogen-bond donors (Lipinski definition) is 1. The molecule has 4 nitrogen and oxygen atoms in total. The van der Waals surface area contributed by atoms with E-state index in [0.29, 0.717) is 5.75 Å². The number of hydrogen-bond acceptors (Lipinski definition) is 5. The second-order valence-corrected chi connectivity index (χ2v) is 2.86. The molecule has 0 aliphatic rings. The zero-order valence-electron chi connectivity index (χ0n) is 5.78. The van der Waals surface area contributed by atoms with Gasteiger partial charge in [0.1, 0.15) is 0 Å². The van der Waals surface area contributed by atoms with E-state index >= 15 is 0 Å². The lowest BCUT2D eigenvalue weighted by Crippen LogP contribution is -2.25. The van der Waals surface area contributed by atoms with Gasteiger partial charge in [0, 0.05) is 5.41 Å². The van der Waals surface area contributed by atoms with Crippen molar-refractivity contribution in [3.05, 3.63) is 9.81 Å². The Kier molecular flexibility index (Phi) is 4.18. The van der Waals surface area contributed by atoms with Gasteiger partial charge in [0.15, 0.2) is 0 Å². The summed E-state index contributed by atoms with van der Waals surface area (Å²) in [5.41, 5.74) is -0.452. The number of rotatable bonds is 5. The van der Waals surface area contributed by atoms with Crippen molar-refractivity contribution in [2.75, 3.05) is 18.8 Å². The van der Waals surface area contributed by atoms with Gasteiger partial charge < -0.3 is 0 Å². The van der Waals surface area contributed by atoms with Gasteiger partial charge in [-0.3, -0.25) is 0 Å². The van der Waals surface area contributed by atoms with Crippen molar-refractivity contribution in [3.8, 4) is 0 Å². The minimum atomic E-state index is -0.452. The summed E-state index contributed by atoms with van der Waals surface area (Å²) in [7, 11) is 0. The summed E-state index contributed by atoms with van der Waals surface area (Å²) in [5, 5.41) is 5.40. The van der Waals surface area contributed by atoms with Gasteiger partial charge in [0.25, 0.3) is 0 Å². The molecule has 0 rings (SSSR count). The average molecular weight is 162 g/mol. The van der Waals surface area contributed by atoms with Crippen LogP contribution in [0.2, 0.25) is 0 Å². The Morgan fingerprint density at radius 1 is 1.30 bits per heavy atom. The van der Waals surface area contributed by atoms with E-state index in [1.54, 1.807) is 6.92 Å². The quantitative estimate of drug-likeness (QED) is 0.491. The van der Waals surface area contributed by atoms with Crippen molar-refractivity contribution in [2.45, 2.75) is 6.92 Å². The van der Waals surface area contributed by atoms with Crippen molar-refractivity contribution < 1.29 is 0 Å². The zero-order chi connectivity index (χ0) is 8.04. The van der Waals surface area contributed by atoms with E-state index in [1.165, 1.54) is 0 Å². The van der Waals surface area contributed by atoms with Crippen LogP contribution in [0.25, 0.3) is 0 Å². The van der Waals surface area contributed by atoms with Gasteiger partial charge in [0.05, 0.1) is 13.1 Å². The monoisotopic (exact) mass is 162 g/mol. The van der Waals surface area contributed by atoms with Gasteiger partial charge >= 0.3 is 0 Å². The maximum absolute atomic E-state index is 9.83. The molecule has 0 aromatic carbocycles. The van der Waals surface area contributed by atoms with Crippen LogP contribution in [0.1, 0.15) is 6.92 Å². The van der Waals surface area contributed by atoms with E-state index < -0.39 is 5.41 Å². The Labute approximate surface area is 64.7 Å². The Bertz CT molecular complexity index is 119. The highest BCUT2D eigenvalue weighted by Gasteiger charge is 2.23. The highest BCUT2D eigenvalue weighted by atomic mass is 32.1. The van der Waals surface area contributed by atoms with E-state index in [9.17, 15) is 9.81 Å². The molecule has 0 unspecified atom stereocenters. The highest BCUT2D eigenvalue weighted by molar-refractivity contribution is 7.80. The molecule has 0 bridgehead atoms. The molecule has 0 N–H and O–H groups in total. The first kappa shape index (κ1) is 9.55. The third kappa shape index (κ3) is 2.91. The fourth-order valence-corrected chi connectivity index (χ4v) is 0.662. The van der Waals surface area contributed by atoms with Crippen LogP contribution >= 0.6 is 12.6 Å². The van der Waals surface area contributed by atoms with Crippen LogP contribution in [0.4, 0.5) is 0 Å². The topological polar surface area (TPSA) is 58.9 Å². The lowest BCUT2D eigenvalue weighted by Gasteiger charge is -2.19. The van der Waals surface area contributed by atoms with E-state index in [-0.39, 0.29) is 13.1 Å². The number of thiol groups is 1. The maximum Gasteiger partial charge on any atom is 0.0891 e. The van der Waals surface area contributed by atoms with Gasteiger partial charge in [-0.1, -0.05) is 17.3 Å². The van der Waals surface area contributed by atoms with Gasteiger partial charge in [0.2, 0.25) is 0 Å². The summed E-state index contributed by atoms with van der Waals surface area (Å²) in [6.07, 6.45) is 0. The molecule has 0 fully saturated rings. The summed E-state index contributed by atoms with van der Waals surface area (Å²) in [6.45, 7) is 1.95. The Morgan fingerprint density at radius 3 is 1.90 bits per heavy atom. The molecule has 0 atom stereocenters. The molecule has 5 heteroatoms. The molecule has 0 amide bonds. The molecule has 0 heterocycles. The van der Waals surface area contributed by atoms with Crippen molar-refractivity contribution in [2.24, 2.45) is 15.8 Å². The summed E-state index contributed by atoms with van der Waals surface area (Å²) in [5.74, 6) is 0.449. The Morgan fingerprint density at radius 2 is 1.70 bits per heavy atom. The second-order valence-electron chi connectivity index (χ2n) is 2.54. The van der Waals surface area contributed by atoms with Gasteiger partial charge in [-0.25, -0.2) is 0 Å². The van der Waals surface area contributed by atoms with E-state index in [1.807, 2.05) is 0 Å². The van der Waals surface area contributed by atoms with Crippen molar-refractivity contribution in [1.82, 2.24) is 0 Å². The van der Waals surface area contributed by atoms with Crippen LogP contribution in [0.3, 0.4) is 0 Å². The zero-order valence-corrected chi connectivity index (χ0v) is 6.67. The summed E-state index contributed by atoms with van der Waals surface area (Å²) < 4.78 is 0. The minimum absolute atomic E-state index is 0.0994. The molecule has 0 aromatic heterocycles. The number of nitroso groups, excluding NO2 is 2. The van der Waals surface area contributed by atoms with Crippen LogP contribution in [0.15, 0.2) is 10.4 Å². The molecule has 0 radical (unpaired) electrons.